The lowest BCUT2D eigenvalue weighted by atomic mass is 9.76. The molecule has 0 saturated carbocycles. The summed E-state index contributed by atoms with van der Waals surface area (Å²) in [4.78, 5) is 0. The van der Waals surface area contributed by atoms with Gasteiger partial charge in [-0.15, -0.1) is 0 Å². The van der Waals surface area contributed by atoms with Crippen molar-refractivity contribution >= 4 is 12.6 Å². The zero-order valence-corrected chi connectivity index (χ0v) is 8.70. The Kier molecular flexibility index (Phi) is 4.15. The van der Waals surface area contributed by atoms with Crippen molar-refractivity contribution in [1.29, 1.82) is 5.26 Å². The summed E-state index contributed by atoms with van der Waals surface area (Å²) in [6.07, 6.45) is -4.35. The van der Waals surface area contributed by atoms with E-state index in [2.05, 4.69) is 0 Å². The van der Waals surface area contributed by atoms with E-state index in [1.54, 1.807) is 0 Å². The highest BCUT2D eigenvalue weighted by Crippen LogP contribution is 2.28. The van der Waals surface area contributed by atoms with Crippen molar-refractivity contribution in [3.05, 3.63) is 29.3 Å². The maximum atomic E-state index is 12.6. The monoisotopic (exact) mass is 243 g/mol. The first kappa shape index (κ1) is 13.5. The van der Waals surface area contributed by atoms with Crippen molar-refractivity contribution in [2.75, 3.05) is 0 Å². The predicted octanol–water partition coefficient (Wildman–Crippen LogP) is 0.841. The first-order valence-electron chi connectivity index (χ1n) is 4.79. The van der Waals surface area contributed by atoms with Crippen LogP contribution in [-0.2, 0) is 12.6 Å². The van der Waals surface area contributed by atoms with Gasteiger partial charge in [0, 0.05) is 6.42 Å². The number of benzene rings is 1. The van der Waals surface area contributed by atoms with Crippen LogP contribution in [0.25, 0.3) is 0 Å². The Balaban J connectivity index is 3.16. The molecular formula is C10H9BF3NO2. The van der Waals surface area contributed by atoms with E-state index < -0.39 is 24.3 Å². The standard InChI is InChI=1S/C10H9BF3NO2/c12-10(13,14)8-6-7(2-1-5-15)3-4-9(8)11(16)17/h3-4,6,16-17H,1-2H2. The van der Waals surface area contributed by atoms with E-state index in [0.29, 0.717) is 5.56 Å². The van der Waals surface area contributed by atoms with Crippen LogP contribution in [0.1, 0.15) is 17.5 Å². The SMILES string of the molecule is N#CCCc1ccc(B(O)O)c(C(F)(F)F)c1. The number of rotatable bonds is 3. The third kappa shape index (κ3) is 3.48. The van der Waals surface area contributed by atoms with Gasteiger partial charge in [0.05, 0.1) is 11.6 Å². The van der Waals surface area contributed by atoms with Gasteiger partial charge in [-0.05, 0) is 23.5 Å². The summed E-state index contributed by atoms with van der Waals surface area (Å²) in [6, 6.07) is 5.03. The van der Waals surface area contributed by atoms with Gasteiger partial charge >= 0.3 is 13.3 Å². The van der Waals surface area contributed by atoms with Crippen molar-refractivity contribution in [1.82, 2.24) is 0 Å². The molecule has 0 saturated heterocycles. The summed E-state index contributed by atoms with van der Waals surface area (Å²) < 4.78 is 37.9. The fourth-order valence-corrected chi connectivity index (χ4v) is 1.43. The van der Waals surface area contributed by atoms with E-state index in [4.69, 9.17) is 15.3 Å². The molecule has 0 amide bonds. The zero-order valence-electron chi connectivity index (χ0n) is 8.70. The minimum Gasteiger partial charge on any atom is -0.423 e. The van der Waals surface area contributed by atoms with Crippen LogP contribution in [-0.4, -0.2) is 17.2 Å². The van der Waals surface area contributed by atoms with Gasteiger partial charge in [-0.2, -0.15) is 18.4 Å². The van der Waals surface area contributed by atoms with Crippen molar-refractivity contribution in [3.63, 3.8) is 0 Å². The van der Waals surface area contributed by atoms with E-state index in [1.165, 1.54) is 6.07 Å². The molecule has 0 fully saturated rings. The molecule has 0 aromatic heterocycles. The first-order valence-corrected chi connectivity index (χ1v) is 4.79. The van der Waals surface area contributed by atoms with Crippen LogP contribution < -0.4 is 5.46 Å². The number of aryl methyl sites for hydroxylation is 1. The van der Waals surface area contributed by atoms with E-state index >= 15 is 0 Å². The Labute approximate surface area is 96.3 Å². The molecular weight excluding hydrogens is 234 g/mol. The van der Waals surface area contributed by atoms with Crippen LogP contribution in [0.4, 0.5) is 13.2 Å². The fraction of sp³-hybridized carbons (Fsp3) is 0.300. The van der Waals surface area contributed by atoms with Crippen LogP contribution in [0.15, 0.2) is 18.2 Å². The van der Waals surface area contributed by atoms with Gasteiger partial charge in [-0.1, -0.05) is 12.1 Å². The Hall–Kier alpha value is -1.52. The minimum atomic E-state index is -4.65. The maximum Gasteiger partial charge on any atom is 0.489 e. The summed E-state index contributed by atoms with van der Waals surface area (Å²) in [5.41, 5.74) is -1.33. The largest absolute Gasteiger partial charge is 0.489 e. The Bertz CT molecular complexity index is 440. The summed E-state index contributed by atoms with van der Waals surface area (Å²) in [5, 5.41) is 26.0. The smallest absolute Gasteiger partial charge is 0.423 e. The molecule has 7 heteroatoms. The Morgan fingerprint density at radius 1 is 1.29 bits per heavy atom. The van der Waals surface area contributed by atoms with Gasteiger partial charge in [0.1, 0.15) is 0 Å². The van der Waals surface area contributed by atoms with Gasteiger partial charge in [0.15, 0.2) is 0 Å². The molecule has 0 bridgehead atoms. The second kappa shape index (κ2) is 5.21. The molecule has 0 unspecified atom stereocenters. The third-order valence-corrected chi connectivity index (χ3v) is 2.23. The highest BCUT2D eigenvalue weighted by Gasteiger charge is 2.36. The normalized spacial score (nSPS) is 11.1. The molecule has 0 aliphatic carbocycles. The van der Waals surface area contributed by atoms with Crippen LogP contribution in [0.5, 0.6) is 0 Å². The average Bonchev–Trinajstić information content (AvgIpc) is 2.24. The van der Waals surface area contributed by atoms with Crippen LogP contribution >= 0.6 is 0 Å². The summed E-state index contributed by atoms with van der Waals surface area (Å²) in [5.74, 6) is 0. The fourth-order valence-electron chi connectivity index (χ4n) is 1.43. The van der Waals surface area contributed by atoms with Crippen molar-refractivity contribution < 1.29 is 23.2 Å². The molecule has 1 rings (SSSR count). The molecule has 0 heterocycles. The second-order valence-corrected chi connectivity index (χ2v) is 3.45. The molecule has 0 aliphatic rings. The molecule has 1 aromatic rings. The second-order valence-electron chi connectivity index (χ2n) is 3.45. The van der Waals surface area contributed by atoms with Gasteiger partial charge < -0.3 is 10.0 Å². The van der Waals surface area contributed by atoms with E-state index in [0.717, 1.165) is 12.1 Å². The Morgan fingerprint density at radius 3 is 2.41 bits per heavy atom. The number of nitrogens with zero attached hydrogens (tertiary/aromatic N) is 1. The summed E-state index contributed by atoms with van der Waals surface area (Å²) in [7, 11) is -2.17. The number of alkyl halides is 3. The molecule has 1 aromatic carbocycles. The van der Waals surface area contributed by atoms with E-state index in [9.17, 15) is 13.2 Å². The predicted molar refractivity (Wildman–Crippen MR) is 55.2 cm³/mol. The Morgan fingerprint density at radius 2 is 1.94 bits per heavy atom. The average molecular weight is 243 g/mol. The molecule has 3 nitrogen and oxygen atoms in total. The lowest BCUT2D eigenvalue weighted by Gasteiger charge is -2.13. The van der Waals surface area contributed by atoms with E-state index in [-0.39, 0.29) is 12.8 Å². The lowest BCUT2D eigenvalue weighted by molar-refractivity contribution is -0.136. The van der Waals surface area contributed by atoms with Gasteiger partial charge in [-0.3, -0.25) is 0 Å². The summed E-state index contributed by atoms with van der Waals surface area (Å²) >= 11 is 0. The number of nitriles is 1. The molecule has 0 aliphatic heterocycles. The van der Waals surface area contributed by atoms with Gasteiger partial charge in [0.25, 0.3) is 0 Å². The maximum absolute atomic E-state index is 12.6. The van der Waals surface area contributed by atoms with Gasteiger partial charge in [0.2, 0.25) is 0 Å². The zero-order chi connectivity index (χ0) is 13.1. The van der Waals surface area contributed by atoms with Crippen molar-refractivity contribution in [3.8, 4) is 6.07 Å². The lowest BCUT2D eigenvalue weighted by Crippen LogP contribution is -2.36. The quantitative estimate of drug-likeness (QED) is 0.773. The molecule has 0 atom stereocenters. The topological polar surface area (TPSA) is 64.2 Å². The van der Waals surface area contributed by atoms with Gasteiger partial charge in [-0.25, -0.2) is 0 Å². The van der Waals surface area contributed by atoms with Crippen LogP contribution in [0, 0.1) is 11.3 Å². The number of hydrogen-bond acceptors (Lipinski definition) is 3. The van der Waals surface area contributed by atoms with Crippen LogP contribution in [0.2, 0.25) is 0 Å². The van der Waals surface area contributed by atoms with Crippen LogP contribution in [0.3, 0.4) is 0 Å². The molecule has 0 radical (unpaired) electrons. The number of hydrogen-bond donors (Lipinski definition) is 2. The summed E-state index contributed by atoms with van der Waals surface area (Å²) in [6.45, 7) is 0. The van der Waals surface area contributed by atoms with Crippen molar-refractivity contribution in [2.45, 2.75) is 19.0 Å². The molecule has 2 N–H and O–H groups in total. The highest BCUT2D eigenvalue weighted by molar-refractivity contribution is 6.59. The van der Waals surface area contributed by atoms with Crippen molar-refractivity contribution in [2.24, 2.45) is 0 Å². The highest BCUT2D eigenvalue weighted by atomic mass is 19.4. The molecule has 90 valence electrons. The molecule has 17 heavy (non-hydrogen) atoms. The number of halogens is 3. The van der Waals surface area contributed by atoms with E-state index in [1.807, 2.05) is 6.07 Å². The first-order chi connectivity index (χ1) is 7.86. The third-order valence-electron chi connectivity index (χ3n) is 2.23. The molecule has 0 spiro atoms. The minimum absolute atomic E-state index is 0.109.